The summed E-state index contributed by atoms with van der Waals surface area (Å²) in [6, 6.07) is 9.61. The van der Waals surface area contributed by atoms with Crippen LogP contribution in [0.4, 0.5) is 0 Å². The van der Waals surface area contributed by atoms with E-state index in [1.54, 1.807) is 6.92 Å². The van der Waals surface area contributed by atoms with Gasteiger partial charge >= 0.3 is 5.63 Å². The molecule has 0 atom stereocenters. The van der Waals surface area contributed by atoms with E-state index in [9.17, 15) is 4.79 Å². The van der Waals surface area contributed by atoms with Crippen LogP contribution >= 0.6 is 22.9 Å². The molecule has 0 unspecified atom stereocenters. The Hall–Kier alpha value is -2.24. The SMILES string of the molecule is Cc1cc(-c2ccc(Cl)cc2)c2c(n1)sc1c(=O)oc(C)nc12. The normalized spacial score (nSPS) is 11.4. The van der Waals surface area contributed by atoms with Crippen LogP contribution in [0.3, 0.4) is 0 Å². The molecule has 0 aliphatic heterocycles. The van der Waals surface area contributed by atoms with Crippen molar-refractivity contribution in [3.8, 4) is 11.1 Å². The van der Waals surface area contributed by atoms with Gasteiger partial charge in [-0.05, 0) is 36.2 Å². The summed E-state index contributed by atoms with van der Waals surface area (Å²) < 4.78 is 5.61. The Morgan fingerprint density at radius 1 is 1.13 bits per heavy atom. The summed E-state index contributed by atoms with van der Waals surface area (Å²) >= 11 is 7.31. The van der Waals surface area contributed by atoms with Gasteiger partial charge in [0.25, 0.3) is 0 Å². The highest BCUT2D eigenvalue weighted by atomic mass is 35.5. The number of aryl methyl sites for hydroxylation is 2. The van der Waals surface area contributed by atoms with Crippen LogP contribution in [0.25, 0.3) is 31.6 Å². The van der Waals surface area contributed by atoms with Crippen molar-refractivity contribution in [2.75, 3.05) is 0 Å². The summed E-state index contributed by atoms with van der Waals surface area (Å²) in [7, 11) is 0. The molecular weight excluding hydrogens is 332 g/mol. The zero-order chi connectivity index (χ0) is 16.1. The average Bonchev–Trinajstić information content (AvgIpc) is 2.86. The van der Waals surface area contributed by atoms with Gasteiger partial charge in [0.2, 0.25) is 0 Å². The number of hydrogen-bond acceptors (Lipinski definition) is 5. The molecule has 0 aliphatic carbocycles. The van der Waals surface area contributed by atoms with Crippen LogP contribution in [0, 0.1) is 13.8 Å². The second kappa shape index (κ2) is 5.15. The van der Waals surface area contributed by atoms with Gasteiger partial charge < -0.3 is 4.42 Å². The fourth-order valence-electron chi connectivity index (χ4n) is 2.67. The number of hydrogen-bond donors (Lipinski definition) is 0. The van der Waals surface area contributed by atoms with Crippen molar-refractivity contribution in [3.63, 3.8) is 0 Å². The summed E-state index contributed by atoms with van der Waals surface area (Å²) in [5.41, 5.74) is 3.17. The Labute approximate surface area is 140 Å². The number of fused-ring (bicyclic) bond motifs is 3. The third-order valence-electron chi connectivity index (χ3n) is 3.62. The lowest BCUT2D eigenvalue weighted by Gasteiger charge is -2.06. The van der Waals surface area contributed by atoms with Gasteiger partial charge in [0.05, 0.1) is 0 Å². The zero-order valence-corrected chi connectivity index (χ0v) is 14.0. The van der Waals surface area contributed by atoms with Crippen molar-refractivity contribution in [3.05, 3.63) is 57.4 Å². The number of thiophene rings is 1. The van der Waals surface area contributed by atoms with Crippen molar-refractivity contribution < 1.29 is 4.42 Å². The molecule has 4 rings (SSSR count). The summed E-state index contributed by atoms with van der Waals surface area (Å²) in [6.07, 6.45) is 0. The van der Waals surface area contributed by atoms with Gasteiger partial charge in [-0.3, -0.25) is 0 Å². The monoisotopic (exact) mass is 342 g/mol. The standard InChI is InChI=1S/C17H11ClN2O2S/c1-8-7-12(10-3-5-11(18)6-4-10)13-14-15(23-16(13)19-8)17(21)22-9(2)20-14/h3-7H,1-2H3. The van der Waals surface area contributed by atoms with E-state index < -0.39 is 0 Å². The van der Waals surface area contributed by atoms with Gasteiger partial charge in [-0.1, -0.05) is 23.7 Å². The van der Waals surface area contributed by atoms with Gasteiger partial charge in [-0.15, -0.1) is 11.3 Å². The molecule has 0 saturated carbocycles. The van der Waals surface area contributed by atoms with Crippen molar-refractivity contribution >= 4 is 43.4 Å². The summed E-state index contributed by atoms with van der Waals surface area (Å²) in [5, 5.41) is 1.56. The second-order valence-electron chi connectivity index (χ2n) is 5.30. The molecule has 0 bridgehead atoms. The zero-order valence-electron chi connectivity index (χ0n) is 12.4. The van der Waals surface area contributed by atoms with E-state index >= 15 is 0 Å². The fraction of sp³-hybridized carbons (Fsp3) is 0.118. The van der Waals surface area contributed by atoms with Crippen LogP contribution in [-0.4, -0.2) is 9.97 Å². The predicted molar refractivity (Wildman–Crippen MR) is 93.4 cm³/mol. The van der Waals surface area contributed by atoms with Crippen molar-refractivity contribution in [1.82, 2.24) is 9.97 Å². The summed E-state index contributed by atoms with van der Waals surface area (Å²) in [6.45, 7) is 3.61. The summed E-state index contributed by atoms with van der Waals surface area (Å²) in [4.78, 5) is 21.9. The highest BCUT2D eigenvalue weighted by molar-refractivity contribution is 7.25. The molecule has 4 nitrogen and oxygen atoms in total. The van der Waals surface area contributed by atoms with Crippen LogP contribution in [0.15, 0.2) is 39.5 Å². The molecule has 0 N–H and O–H groups in total. The van der Waals surface area contributed by atoms with Gasteiger partial charge in [0.15, 0.2) is 5.89 Å². The van der Waals surface area contributed by atoms with Crippen LogP contribution in [-0.2, 0) is 0 Å². The topological polar surface area (TPSA) is 56.0 Å². The highest BCUT2D eigenvalue weighted by Gasteiger charge is 2.17. The maximum Gasteiger partial charge on any atom is 0.357 e. The molecule has 23 heavy (non-hydrogen) atoms. The lowest BCUT2D eigenvalue weighted by molar-refractivity contribution is 0.468. The van der Waals surface area contributed by atoms with E-state index in [1.165, 1.54) is 11.3 Å². The number of halogens is 1. The Morgan fingerprint density at radius 3 is 2.61 bits per heavy atom. The Balaban J connectivity index is 2.18. The fourth-order valence-corrected chi connectivity index (χ4v) is 3.86. The van der Waals surface area contributed by atoms with E-state index in [4.69, 9.17) is 16.0 Å². The molecule has 3 heterocycles. The Kier molecular flexibility index (Phi) is 3.21. The lowest BCUT2D eigenvalue weighted by atomic mass is 10.0. The second-order valence-corrected chi connectivity index (χ2v) is 6.73. The number of nitrogens with zero attached hydrogens (tertiary/aromatic N) is 2. The van der Waals surface area contributed by atoms with Gasteiger partial charge in [-0.2, -0.15) is 0 Å². The number of benzene rings is 1. The third-order valence-corrected chi connectivity index (χ3v) is 4.92. The number of aromatic nitrogens is 2. The molecule has 0 spiro atoms. The van der Waals surface area contributed by atoms with Gasteiger partial charge in [0, 0.05) is 23.0 Å². The molecule has 0 fully saturated rings. The van der Waals surface area contributed by atoms with Gasteiger partial charge in [-0.25, -0.2) is 14.8 Å². The Morgan fingerprint density at radius 2 is 1.87 bits per heavy atom. The molecule has 114 valence electrons. The molecular formula is C17H11ClN2O2S. The first-order valence-corrected chi connectivity index (χ1v) is 8.20. The van der Waals surface area contributed by atoms with Crippen LogP contribution in [0.1, 0.15) is 11.6 Å². The quantitative estimate of drug-likeness (QED) is 0.501. The van der Waals surface area contributed by atoms with E-state index in [0.717, 1.165) is 27.0 Å². The molecule has 0 amide bonds. The maximum absolute atomic E-state index is 12.1. The summed E-state index contributed by atoms with van der Waals surface area (Å²) in [5.74, 6) is 0.352. The Bertz CT molecular complexity index is 1110. The maximum atomic E-state index is 12.1. The lowest BCUT2D eigenvalue weighted by Crippen LogP contribution is -2.00. The van der Waals surface area contributed by atoms with Crippen molar-refractivity contribution in [2.45, 2.75) is 13.8 Å². The van der Waals surface area contributed by atoms with E-state index in [-0.39, 0.29) is 5.63 Å². The third kappa shape index (κ3) is 2.33. The molecule has 1 aromatic carbocycles. The van der Waals surface area contributed by atoms with E-state index in [2.05, 4.69) is 9.97 Å². The molecule has 3 aromatic heterocycles. The molecule has 0 saturated heterocycles. The minimum atomic E-state index is -0.366. The van der Waals surface area contributed by atoms with Crippen molar-refractivity contribution in [1.29, 1.82) is 0 Å². The first-order chi connectivity index (χ1) is 11.0. The van der Waals surface area contributed by atoms with E-state index in [1.807, 2.05) is 37.3 Å². The van der Waals surface area contributed by atoms with Crippen LogP contribution in [0.5, 0.6) is 0 Å². The van der Waals surface area contributed by atoms with Gasteiger partial charge in [0.1, 0.15) is 15.0 Å². The predicted octanol–water partition coefficient (Wildman–Crippen LogP) is 4.73. The minimum absolute atomic E-state index is 0.352. The smallest absolute Gasteiger partial charge is 0.357 e. The number of pyridine rings is 1. The molecule has 6 heteroatoms. The first-order valence-electron chi connectivity index (χ1n) is 7.00. The molecule has 0 radical (unpaired) electrons. The molecule has 0 aliphatic rings. The molecule has 4 aromatic rings. The van der Waals surface area contributed by atoms with Crippen LogP contribution < -0.4 is 5.63 Å². The largest absolute Gasteiger partial charge is 0.408 e. The van der Waals surface area contributed by atoms with Crippen molar-refractivity contribution in [2.24, 2.45) is 0 Å². The minimum Gasteiger partial charge on any atom is -0.408 e. The van der Waals surface area contributed by atoms with Crippen LogP contribution in [0.2, 0.25) is 5.02 Å². The number of rotatable bonds is 1. The first kappa shape index (κ1) is 14.4. The highest BCUT2D eigenvalue weighted by Crippen LogP contribution is 2.37. The van der Waals surface area contributed by atoms with E-state index in [0.29, 0.717) is 21.1 Å². The average molecular weight is 343 g/mol.